The van der Waals surface area contributed by atoms with Crippen LogP contribution in [-0.2, 0) is 9.53 Å². The highest BCUT2D eigenvalue weighted by Crippen LogP contribution is 2.43. The van der Waals surface area contributed by atoms with Crippen molar-refractivity contribution in [3.63, 3.8) is 0 Å². The molecular weight excluding hydrogens is 192 g/mol. The summed E-state index contributed by atoms with van der Waals surface area (Å²) in [6.45, 7) is 3.37. The fourth-order valence-electron chi connectivity index (χ4n) is 2.42. The number of hydrogen-bond donors (Lipinski definition) is 1. The summed E-state index contributed by atoms with van der Waals surface area (Å²) in [6.07, 6.45) is 5.36. The molecule has 0 saturated heterocycles. The molecular formula is C12H18O3. The minimum Gasteiger partial charge on any atom is -0.460 e. The van der Waals surface area contributed by atoms with Gasteiger partial charge < -0.3 is 9.84 Å². The van der Waals surface area contributed by atoms with Crippen molar-refractivity contribution in [1.82, 2.24) is 0 Å². The van der Waals surface area contributed by atoms with E-state index in [0.29, 0.717) is 11.8 Å². The van der Waals surface area contributed by atoms with Crippen LogP contribution in [0.2, 0.25) is 0 Å². The summed E-state index contributed by atoms with van der Waals surface area (Å²) < 4.78 is 5.23. The van der Waals surface area contributed by atoms with Crippen LogP contribution < -0.4 is 0 Å². The molecule has 0 aliphatic heterocycles. The van der Waals surface area contributed by atoms with Crippen LogP contribution in [0.1, 0.15) is 26.7 Å². The number of esters is 1. The van der Waals surface area contributed by atoms with Gasteiger partial charge >= 0.3 is 5.97 Å². The van der Waals surface area contributed by atoms with Crippen LogP contribution in [-0.4, -0.2) is 23.3 Å². The van der Waals surface area contributed by atoms with Crippen LogP contribution in [0.4, 0.5) is 0 Å². The molecule has 1 N–H and O–H groups in total. The Kier molecular flexibility index (Phi) is 2.83. The van der Waals surface area contributed by atoms with Crippen molar-refractivity contribution < 1.29 is 14.6 Å². The second-order valence-corrected chi connectivity index (χ2v) is 4.77. The third-order valence-electron chi connectivity index (χ3n) is 3.56. The molecule has 3 heteroatoms. The van der Waals surface area contributed by atoms with Crippen LogP contribution in [0.3, 0.4) is 0 Å². The molecule has 2 rings (SSSR count). The Morgan fingerprint density at radius 2 is 2.13 bits per heavy atom. The molecule has 2 aliphatic rings. The van der Waals surface area contributed by atoms with Crippen LogP contribution in [0.15, 0.2) is 12.2 Å². The van der Waals surface area contributed by atoms with Gasteiger partial charge in [-0.3, -0.25) is 4.79 Å². The third-order valence-corrected chi connectivity index (χ3v) is 3.56. The van der Waals surface area contributed by atoms with Crippen molar-refractivity contribution in [3.8, 4) is 0 Å². The zero-order chi connectivity index (χ0) is 11.0. The van der Waals surface area contributed by atoms with Crippen LogP contribution >= 0.6 is 0 Å². The summed E-state index contributed by atoms with van der Waals surface area (Å²) in [5.74, 6) is 0.847. The second-order valence-electron chi connectivity index (χ2n) is 4.77. The largest absolute Gasteiger partial charge is 0.460 e. The fourth-order valence-corrected chi connectivity index (χ4v) is 2.42. The lowest BCUT2D eigenvalue weighted by Crippen LogP contribution is -2.30. The maximum Gasteiger partial charge on any atom is 0.309 e. The minimum absolute atomic E-state index is 0.0289. The standard InChI is InChI=1S/C12H18O3/c1-7(13)8(2)15-12(14)11-6-9-3-4-10(11)5-9/h3-4,7-11,13H,5-6H2,1-2H3/t7-,8-,9?,10?,11?/m1/s1. The molecule has 0 aromatic rings. The van der Waals surface area contributed by atoms with E-state index in [4.69, 9.17) is 4.74 Å². The van der Waals surface area contributed by atoms with Gasteiger partial charge in [-0.05, 0) is 38.5 Å². The molecule has 0 aromatic heterocycles. The maximum atomic E-state index is 11.8. The molecule has 0 spiro atoms. The lowest BCUT2D eigenvalue weighted by Gasteiger charge is -2.21. The van der Waals surface area contributed by atoms with Crippen molar-refractivity contribution in [3.05, 3.63) is 12.2 Å². The smallest absolute Gasteiger partial charge is 0.309 e. The van der Waals surface area contributed by atoms with E-state index in [1.54, 1.807) is 13.8 Å². The van der Waals surface area contributed by atoms with E-state index in [2.05, 4.69) is 12.2 Å². The van der Waals surface area contributed by atoms with Gasteiger partial charge in [-0.2, -0.15) is 0 Å². The lowest BCUT2D eigenvalue weighted by molar-refractivity contribution is -0.159. The topological polar surface area (TPSA) is 46.5 Å². The van der Waals surface area contributed by atoms with Crippen molar-refractivity contribution in [2.24, 2.45) is 17.8 Å². The van der Waals surface area contributed by atoms with Crippen molar-refractivity contribution >= 4 is 5.97 Å². The van der Waals surface area contributed by atoms with E-state index < -0.39 is 12.2 Å². The number of fused-ring (bicyclic) bond motifs is 2. The first-order valence-corrected chi connectivity index (χ1v) is 5.65. The predicted molar refractivity (Wildman–Crippen MR) is 56.1 cm³/mol. The van der Waals surface area contributed by atoms with Gasteiger partial charge in [-0.25, -0.2) is 0 Å². The fraction of sp³-hybridized carbons (Fsp3) is 0.750. The molecule has 5 atom stereocenters. The highest BCUT2D eigenvalue weighted by atomic mass is 16.6. The number of aliphatic hydroxyl groups is 1. The third kappa shape index (κ3) is 2.07. The van der Waals surface area contributed by atoms with Gasteiger partial charge in [0, 0.05) is 0 Å². The Labute approximate surface area is 90.1 Å². The minimum atomic E-state index is -0.594. The molecule has 0 aromatic carbocycles. The molecule has 0 radical (unpaired) electrons. The van der Waals surface area contributed by atoms with Crippen LogP contribution in [0.5, 0.6) is 0 Å². The van der Waals surface area contributed by atoms with Crippen LogP contribution in [0.25, 0.3) is 0 Å². The summed E-state index contributed by atoms with van der Waals surface area (Å²) in [6, 6.07) is 0. The van der Waals surface area contributed by atoms with Gasteiger partial charge in [0.15, 0.2) is 0 Å². The lowest BCUT2D eigenvalue weighted by atomic mass is 9.94. The zero-order valence-electron chi connectivity index (χ0n) is 9.22. The molecule has 3 nitrogen and oxygen atoms in total. The van der Waals surface area contributed by atoms with E-state index in [1.165, 1.54) is 0 Å². The molecule has 1 saturated carbocycles. The van der Waals surface area contributed by atoms with Gasteiger partial charge in [0.2, 0.25) is 0 Å². The molecule has 3 unspecified atom stereocenters. The van der Waals surface area contributed by atoms with Gasteiger partial charge in [0.05, 0.1) is 12.0 Å². The first-order valence-electron chi connectivity index (χ1n) is 5.65. The van der Waals surface area contributed by atoms with Gasteiger partial charge in [0.1, 0.15) is 6.10 Å². The summed E-state index contributed by atoms with van der Waals surface area (Å²) in [5, 5.41) is 9.25. The summed E-state index contributed by atoms with van der Waals surface area (Å²) >= 11 is 0. The first kappa shape index (κ1) is 10.7. The van der Waals surface area contributed by atoms with Crippen LogP contribution in [0, 0.1) is 17.8 Å². The Bertz CT molecular complexity index is 283. The van der Waals surface area contributed by atoms with Crippen molar-refractivity contribution in [2.45, 2.75) is 38.9 Å². The van der Waals surface area contributed by atoms with Crippen molar-refractivity contribution in [2.75, 3.05) is 0 Å². The molecule has 15 heavy (non-hydrogen) atoms. The predicted octanol–water partition coefficient (Wildman–Crippen LogP) is 1.51. The number of carbonyl (C=O) groups excluding carboxylic acids is 1. The van der Waals surface area contributed by atoms with E-state index in [-0.39, 0.29) is 11.9 Å². The Morgan fingerprint density at radius 3 is 2.60 bits per heavy atom. The van der Waals surface area contributed by atoms with Gasteiger partial charge in [-0.15, -0.1) is 0 Å². The van der Waals surface area contributed by atoms with E-state index in [1.807, 2.05) is 0 Å². The molecule has 2 bridgehead atoms. The quantitative estimate of drug-likeness (QED) is 0.567. The summed E-state index contributed by atoms with van der Waals surface area (Å²) in [5.41, 5.74) is 0. The zero-order valence-corrected chi connectivity index (χ0v) is 9.22. The molecule has 0 amide bonds. The first-order chi connectivity index (χ1) is 7.08. The van der Waals surface area contributed by atoms with E-state index in [9.17, 15) is 9.90 Å². The Morgan fingerprint density at radius 1 is 1.40 bits per heavy atom. The average Bonchev–Trinajstić information content (AvgIpc) is 2.78. The number of ether oxygens (including phenoxy) is 1. The normalized spacial score (nSPS) is 36.6. The molecule has 2 aliphatic carbocycles. The molecule has 84 valence electrons. The number of rotatable bonds is 3. The van der Waals surface area contributed by atoms with E-state index >= 15 is 0 Å². The number of allylic oxidation sites excluding steroid dienone is 2. The number of aliphatic hydroxyl groups excluding tert-OH is 1. The number of hydrogen-bond acceptors (Lipinski definition) is 3. The monoisotopic (exact) mass is 210 g/mol. The highest BCUT2D eigenvalue weighted by molar-refractivity contribution is 5.74. The number of carbonyl (C=O) groups is 1. The maximum absolute atomic E-state index is 11.8. The summed E-state index contributed by atoms with van der Waals surface area (Å²) in [7, 11) is 0. The average molecular weight is 210 g/mol. The van der Waals surface area contributed by atoms with Crippen molar-refractivity contribution in [1.29, 1.82) is 0 Å². The molecule has 1 fully saturated rings. The van der Waals surface area contributed by atoms with Gasteiger partial charge in [0.25, 0.3) is 0 Å². The summed E-state index contributed by atoms with van der Waals surface area (Å²) in [4.78, 5) is 11.8. The SMILES string of the molecule is C[C@@H](O)[C@@H](C)OC(=O)C1CC2C=CC1C2. The Balaban J connectivity index is 1.90. The highest BCUT2D eigenvalue weighted by Gasteiger charge is 2.41. The van der Waals surface area contributed by atoms with E-state index in [0.717, 1.165) is 12.8 Å². The molecule has 0 heterocycles. The second kappa shape index (κ2) is 3.97. The Hall–Kier alpha value is -0.830. The van der Waals surface area contributed by atoms with Gasteiger partial charge in [-0.1, -0.05) is 12.2 Å².